The van der Waals surface area contributed by atoms with Crippen molar-refractivity contribution in [2.45, 2.75) is 39.8 Å². The average Bonchev–Trinajstić information content (AvgIpc) is 2.06. The summed E-state index contributed by atoms with van der Waals surface area (Å²) in [5, 5.41) is 3.46. The second kappa shape index (κ2) is 5.83. The van der Waals surface area contributed by atoms with Crippen LogP contribution >= 0.6 is 0 Å². The molecule has 1 aliphatic heterocycles. The van der Waals surface area contributed by atoms with E-state index < -0.39 is 0 Å². The van der Waals surface area contributed by atoms with Crippen LogP contribution in [0.5, 0.6) is 0 Å². The average molecular weight is 213 g/mol. The number of hydrogen-bond acceptors (Lipinski definition) is 3. The highest BCUT2D eigenvalue weighted by Gasteiger charge is 2.29. The van der Waals surface area contributed by atoms with E-state index in [0.717, 1.165) is 18.6 Å². The van der Waals surface area contributed by atoms with Gasteiger partial charge in [-0.05, 0) is 26.8 Å². The summed E-state index contributed by atoms with van der Waals surface area (Å²) in [6.07, 6.45) is 0. The fourth-order valence-corrected chi connectivity index (χ4v) is 1.94. The summed E-state index contributed by atoms with van der Waals surface area (Å²) >= 11 is 0. The van der Waals surface area contributed by atoms with Crippen LogP contribution in [0.25, 0.3) is 0 Å². The highest BCUT2D eigenvalue weighted by atomic mass is 15.3. The highest BCUT2D eigenvalue weighted by Crippen LogP contribution is 2.14. The highest BCUT2D eigenvalue weighted by molar-refractivity contribution is 4.86. The molecule has 0 bridgehead atoms. The van der Waals surface area contributed by atoms with Crippen molar-refractivity contribution >= 4 is 0 Å². The molecule has 3 nitrogen and oxygen atoms in total. The lowest BCUT2D eigenvalue weighted by atomic mass is 10.1. The van der Waals surface area contributed by atoms with Gasteiger partial charge in [-0.2, -0.15) is 0 Å². The maximum absolute atomic E-state index is 3.46. The summed E-state index contributed by atoms with van der Waals surface area (Å²) < 4.78 is 0. The Morgan fingerprint density at radius 1 is 1.27 bits per heavy atom. The second-order valence-electron chi connectivity index (χ2n) is 5.54. The van der Waals surface area contributed by atoms with E-state index in [-0.39, 0.29) is 0 Å². The summed E-state index contributed by atoms with van der Waals surface area (Å²) in [6, 6.07) is 1.34. The van der Waals surface area contributed by atoms with Crippen LogP contribution in [-0.2, 0) is 0 Å². The first-order valence-electron chi connectivity index (χ1n) is 6.15. The van der Waals surface area contributed by atoms with Crippen molar-refractivity contribution in [3.63, 3.8) is 0 Å². The lowest BCUT2D eigenvalue weighted by Gasteiger charge is -2.45. The van der Waals surface area contributed by atoms with Crippen LogP contribution in [0.2, 0.25) is 0 Å². The number of hydrogen-bond donors (Lipinski definition) is 1. The molecule has 0 aromatic carbocycles. The molecule has 1 rings (SSSR count). The van der Waals surface area contributed by atoms with Gasteiger partial charge in [-0.3, -0.25) is 9.80 Å². The number of likely N-dealkylation sites (N-methyl/N-ethyl adjacent to an activating group) is 1. The molecule has 1 fully saturated rings. The summed E-state index contributed by atoms with van der Waals surface area (Å²) in [7, 11) is 2.22. The van der Waals surface area contributed by atoms with Gasteiger partial charge in [0.05, 0.1) is 0 Å². The molecule has 0 unspecified atom stereocenters. The smallest absolute Gasteiger partial charge is 0.0483 e. The fraction of sp³-hybridized carbons (Fsp3) is 1.00. The molecular formula is C12H27N3. The monoisotopic (exact) mass is 213 g/mol. The van der Waals surface area contributed by atoms with Gasteiger partial charge in [0, 0.05) is 38.4 Å². The molecular weight excluding hydrogens is 186 g/mol. The van der Waals surface area contributed by atoms with Gasteiger partial charge in [-0.25, -0.2) is 0 Å². The third kappa shape index (κ3) is 4.49. The number of nitrogens with zero attached hydrogens (tertiary/aromatic N) is 2. The lowest BCUT2D eigenvalue weighted by Crippen LogP contribution is -2.60. The number of rotatable bonds is 6. The molecule has 15 heavy (non-hydrogen) atoms. The van der Waals surface area contributed by atoms with Crippen molar-refractivity contribution in [3.05, 3.63) is 0 Å². The minimum absolute atomic E-state index is 0.583. The van der Waals surface area contributed by atoms with Gasteiger partial charge < -0.3 is 5.32 Å². The lowest BCUT2D eigenvalue weighted by molar-refractivity contribution is 0.0361. The Morgan fingerprint density at radius 3 is 2.33 bits per heavy atom. The van der Waals surface area contributed by atoms with Crippen molar-refractivity contribution in [2.24, 2.45) is 5.92 Å². The third-order valence-corrected chi connectivity index (χ3v) is 2.93. The van der Waals surface area contributed by atoms with Gasteiger partial charge >= 0.3 is 0 Å². The topological polar surface area (TPSA) is 18.5 Å². The maximum Gasteiger partial charge on any atom is 0.0483 e. The van der Waals surface area contributed by atoms with E-state index in [0.29, 0.717) is 6.04 Å². The quantitative estimate of drug-likeness (QED) is 0.669. The first-order chi connectivity index (χ1) is 6.99. The second-order valence-corrected chi connectivity index (χ2v) is 5.54. The van der Waals surface area contributed by atoms with Crippen molar-refractivity contribution in [1.82, 2.24) is 15.1 Å². The largest absolute Gasteiger partial charge is 0.302 e. The molecule has 1 N–H and O–H groups in total. The summed E-state index contributed by atoms with van der Waals surface area (Å²) in [5.41, 5.74) is 0. The summed E-state index contributed by atoms with van der Waals surface area (Å²) in [4.78, 5) is 4.97. The molecule has 0 atom stereocenters. The van der Waals surface area contributed by atoms with E-state index in [1.165, 1.54) is 19.6 Å². The van der Waals surface area contributed by atoms with Gasteiger partial charge in [0.15, 0.2) is 0 Å². The predicted molar refractivity (Wildman–Crippen MR) is 66.0 cm³/mol. The van der Waals surface area contributed by atoms with E-state index in [1.807, 2.05) is 0 Å². The SMILES string of the molecule is CC(C)CN1CC(N(C)CNC(C)C)C1. The van der Waals surface area contributed by atoms with Gasteiger partial charge in [0.25, 0.3) is 0 Å². The molecule has 0 saturated carbocycles. The normalized spacial score (nSPS) is 19.2. The fourth-order valence-electron chi connectivity index (χ4n) is 1.94. The molecule has 3 heteroatoms. The predicted octanol–water partition coefficient (Wildman–Crippen LogP) is 1.21. The molecule has 0 aliphatic carbocycles. The van der Waals surface area contributed by atoms with Crippen LogP contribution in [-0.4, -0.2) is 55.2 Å². The van der Waals surface area contributed by atoms with Crippen LogP contribution in [0, 0.1) is 5.92 Å². The van der Waals surface area contributed by atoms with Crippen molar-refractivity contribution in [2.75, 3.05) is 33.4 Å². The molecule has 0 spiro atoms. The van der Waals surface area contributed by atoms with Crippen LogP contribution < -0.4 is 5.32 Å². The molecule has 0 radical (unpaired) electrons. The van der Waals surface area contributed by atoms with E-state index in [2.05, 4.69) is 49.9 Å². The molecule has 1 saturated heterocycles. The van der Waals surface area contributed by atoms with Crippen LogP contribution in [0.3, 0.4) is 0 Å². The van der Waals surface area contributed by atoms with Crippen molar-refractivity contribution < 1.29 is 0 Å². The zero-order valence-corrected chi connectivity index (χ0v) is 11.0. The van der Waals surface area contributed by atoms with Crippen LogP contribution in [0.15, 0.2) is 0 Å². The van der Waals surface area contributed by atoms with E-state index >= 15 is 0 Å². The molecule has 0 amide bonds. The summed E-state index contributed by atoms with van der Waals surface area (Å²) in [6.45, 7) is 13.7. The molecule has 90 valence electrons. The Balaban J connectivity index is 2.09. The first kappa shape index (κ1) is 12.9. The van der Waals surface area contributed by atoms with Crippen molar-refractivity contribution in [1.29, 1.82) is 0 Å². The molecule has 1 heterocycles. The molecule has 0 aromatic heterocycles. The van der Waals surface area contributed by atoms with Crippen molar-refractivity contribution in [3.8, 4) is 0 Å². The van der Waals surface area contributed by atoms with Gasteiger partial charge in [-0.1, -0.05) is 13.8 Å². The number of nitrogens with one attached hydrogen (secondary N) is 1. The van der Waals surface area contributed by atoms with Gasteiger partial charge in [0.2, 0.25) is 0 Å². The minimum Gasteiger partial charge on any atom is -0.302 e. The van der Waals surface area contributed by atoms with Gasteiger partial charge in [-0.15, -0.1) is 0 Å². The Bertz CT molecular complexity index is 174. The van der Waals surface area contributed by atoms with E-state index in [9.17, 15) is 0 Å². The van der Waals surface area contributed by atoms with E-state index in [4.69, 9.17) is 0 Å². The first-order valence-corrected chi connectivity index (χ1v) is 6.15. The Hall–Kier alpha value is -0.120. The standard InChI is InChI=1S/C12H27N3/c1-10(2)6-15-7-12(8-15)14(5)9-13-11(3)4/h10-13H,6-9H2,1-5H3. The minimum atomic E-state index is 0.583. The number of likely N-dealkylation sites (tertiary alicyclic amines) is 1. The Labute approximate surface area is 94.8 Å². The summed E-state index contributed by atoms with van der Waals surface area (Å²) in [5.74, 6) is 0.796. The van der Waals surface area contributed by atoms with Crippen LogP contribution in [0.4, 0.5) is 0 Å². The molecule has 1 aliphatic rings. The molecule has 0 aromatic rings. The maximum atomic E-state index is 3.46. The third-order valence-electron chi connectivity index (χ3n) is 2.93. The zero-order valence-electron chi connectivity index (χ0n) is 11.0. The Kier molecular flexibility index (Phi) is 5.03. The van der Waals surface area contributed by atoms with E-state index in [1.54, 1.807) is 0 Å². The Morgan fingerprint density at radius 2 is 1.87 bits per heavy atom. The van der Waals surface area contributed by atoms with Gasteiger partial charge in [0.1, 0.15) is 0 Å². The van der Waals surface area contributed by atoms with Crippen LogP contribution in [0.1, 0.15) is 27.7 Å². The zero-order chi connectivity index (χ0) is 11.4.